The summed E-state index contributed by atoms with van der Waals surface area (Å²) < 4.78 is 0. The lowest BCUT2D eigenvalue weighted by atomic mass is 9.92. The molecule has 0 aliphatic carbocycles. The summed E-state index contributed by atoms with van der Waals surface area (Å²) in [6.45, 7) is 0. The molecule has 0 bridgehead atoms. The van der Waals surface area contributed by atoms with Crippen molar-refractivity contribution in [2.45, 2.75) is 12.3 Å². The second kappa shape index (κ2) is 8.17. The van der Waals surface area contributed by atoms with Gasteiger partial charge < -0.3 is 16.0 Å². The van der Waals surface area contributed by atoms with Gasteiger partial charge in [0, 0.05) is 27.8 Å². The second-order valence-corrected chi connectivity index (χ2v) is 7.48. The first kappa shape index (κ1) is 19.9. The molecule has 2 aromatic carbocycles. The number of aromatic nitrogens is 2. The molecule has 3 aromatic rings. The molecule has 1 unspecified atom stereocenters. The fourth-order valence-corrected chi connectivity index (χ4v) is 3.34. The van der Waals surface area contributed by atoms with Gasteiger partial charge in [0.2, 0.25) is 17.8 Å². The van der Waals surface area contributed by atoms with E-state index in [0.717, 1.165) is 0 Å². The molecule has 152 valence electrons. The van der Waals surface area contributed by atoms with Crippen LogP contribution >= 0.6 is 23.2 Å². The number of anilines is 4. The van der Waals surface area contributed by atoms with Crippen LogP contribution in [0.4, 0.5) is 23.1 Å². The highest BCUT2D eigenvalue weighted by molar-refractivity contribution is 6.31. The van der Waals surface area contributed by atoms with E-state index in [0.29, 0.717) is 21.4 Å². The number of nitrogens with zero attached hydrogens (tertiary/aromatic N) is 1. The minimum absolute atomic E-state index is 0.0442. The number of halogens is 2. The van der Waals surface area contributed by atoms with Crippen LogP contribution in [0.15, 0.2) is 53.3 Å². The highest BCUT2D eigenvalue weighted by Gasteiger charge is 2.34. The maximum absolute atomic E-state index is 12.8. The van der Waals surface area contributed by atoms with Gasteiger partial charge in [0.15, 0.2) is 0 Å². The minimum Gasteiger partial charge on any atom is -0.326 e. The Kier molecular flexibility index (Phi) is 5.43. The summed E-state index contributed by atoms with van der Waals surface area (Å²) >= 11 is 11.7. The molecule has 10 heteroatoms. The molecule has 0 saturated carbocycles. The molecule has 8 nitrogen and oxygen atoms in total. The van der Waals surface area contributed by atoms with Crippen LogP contribution in [0.25, 0.3) is 0 Å². The molecular formula is C20H15Cl2N5O3. The van der Waals surface area contributed by atoms with E-state index in [1.807, 2.05) is 0 Å². The van der Waals surface area contributed by atoms with E-state index in [1.165, 1.54) is 0 Å². The van der Waals surface area contributed by atoms with Gasteiger partial charge in [-0.25, -0.2) is 0 Å². The molecule has 1 aromatic heterocycles. The van der Waals surface area contributed by atoms with Crippen LogP contribution in [0.1, 0.15) is 17.9 Å². The quantitative estimate of drug-likeness (QED) is 0.488. The summed E-state index contributed by atoms with van der Waals surface area (Å²) in [5.41, 5.74) is 0.722. The van der Waals surface area contributed by atoms with E-state index >= 15 is 0 Å². The number of hydrogen-bond donors (Lipinski definition) is 4. The number of rotatable bonds is 4. The van der Waals surface area contributed by atoms with Gasteiger partial charge in [0.05, 0.1) is 11.5 Å². The van der Waals surface area contributed by atoms with Crippen LogP contribution < -0.4 is 21.5 Å². The van der Waals surface area contributed by atoms with Gasteiger partial charge in [-0.05, 0) is 48.5 Å². The third-order valence-corrected chi connectivity index (χ3v) is 4.99. The maximum Gasteiger partial charge on any atom is 0.258 e. The molecule has 30 heavy (non-hydrogen) atoms. The zero-order chi connectivity index (χ0) is 21.3. The van der Waals surface area contributed by atoms with Crippen molar-refractivity contribution in [3.05, 3.63) is 74.5 Å². The number of benzene rings is 2. The van der Waals surface area contributed by atoms with E-state index in [2.05, 4.69) is 25.9 Å². The molecule has 1 aliphatic heterocycles. The molecule has 0 saturated heterocycles. The fourth-order valence-electron chi connectivity index (χ4n) is 3.09. The number of hydrogen-bond acceptors (Lipinski definition) is 5. The number of carbonyl (C=O) groups is 2. The number of H-pyrrole nitrogens is 1. The summed E-state index contributed by atoms with van der Waals surface area (Å²) in [6, 6.07) is 13.3. The Morgan fingerprint density at radius 1 is 0.967 bits per heavy atom. The third-order valence-electron chi connectivity index (χ3n) is 4.49. The van der Waals surface area contributed by atoms with Gasteiger partial charge in [0.1, 0.15) is 5.82 Å². The number of fused-ring (bicyclic) bond motifs is 1. The van der Waals surface area contributed by atoms with Crippen LogP contribution in [-0.2, 0) is 9.59 Å². The smallest absolute Gasteiger partial charge is 0.258 e. The van der Waals surface area contributed by atoms with E-state index in [-0.39, 0.29) is 23.8 Å². The van der Waals surface area contributed by atoms with Crippen molar-refractivity contribution in [1.29, 1.82) is 0 Å². The number of amides is 2. The average Bonchev–Trinajstić information content (AvgIpc) is 2.70. The zero-order valence-electron chi connectivity index (χ0n) is 15.3. The lowest BCUT2D eigenvalue weighted by Crippen LogP contribution is -2.36. The predicted octanol–water partition coefficient (Wildman–Crippen LogP) is 3.88. The lowest BCUT2D eigenvalue weighted by Gasteiger charge is -2.23. The van der Waals surface area contributed by atoms with Crippen molar-refractivity contribution in [2.75, 3.05) is 16.0 Å². The SMILES string of the molecule is O=C1CC(C(=O)Nc2ccc(Cl)cc2)c2c(nc(Nc3ccc(Cl)cc3)[nH]c2=O)N1. The molecule has 0 radical (unpaired) electrons. The molecule has 2 amide bonds. The average molecular weight is 444 g/mol. The van der Waals surface area contributed by atoms with Crippen LogP contribution in [0.3, 0.4) is 0 Å². The third kappa shape index (κ3) is 4.29. The van der Waals surface area contributed by atoms with Crippen LogP contribution in [0.2, 0.25) is 10.0 Å². The zero-order valence-corrected chi connectivity index (χ0v) is 16.8. The fraction of sp³-hybridized carbons (Fsp3) is 0.100. The molecule has 0 fully saturated rings. The Bertz CT molecular complexity index is 1180. The highest BCUT2D eigenvalue weighted by Crippen LogP contribution is 2.30. The van der Waals surface area contributed by atoms with Crippen molar-refractivity contribution >= 4 is 58.2 Å². The van der Waals surface area contributed by atoms with E-state index < -0.39 is 23.3 Å². The lowest BCUT2D eigenvalue weighted by molar-refractivity contribution is -0.123. The van der Waals surface area contributed by atoms with E-state index in [9.17, 15) is 14.4 Å². The summed E-state index contributed by atoms with van der Waals surface area (Å²) in [4.78, 5) is 44.6. The van der Waals surface area contributed by atoms with Crippen molar-refractivity contribution in [3.63, 3.8) is 0 Å². The summed E-state index contributed by atoms with van der Waals surface area (Å²) in [5.74, 6) is -1.71. The second-order valence-electron chi connectivity index (χ2n) is 6.61. The van der Waals surface area contributed by atoms with E-state index in [4.69, 9.17) is 23.2 Å². The molecule has 4 N–H and O–H groups in total. The van der Waals surface area contributed by atoms with E-state index in [1.54, 1.807) is 48.5 Å². The molecule has 1 aliphatic rings. The predicted molar refractivity (Wildman–Crippen MR) is 116 cm³/mol. The van der Waals surface area contributed by atoms with Crippen LogP contribution in [-0.4, -0.2) is 21.8 Å². The summed E-state index contributed by atoms with van der Waals surface area (Å²) in [5, 5.41) is 9.29. The van der Waals surface area contributed by atoms with Crippen molar-refractivity contribution in [2.24, 2.45) is 0 Å². The van der Waals surface area contributed by atoms with Gasteiger partial charge in [0.25, 0.3) is 5.56 Å². The Hall–Kier alpha value is -3.36. The van der Waals surface area contributed by atoms with Gasteiger partial charge in [-0.1, -0.05) is 23.2 Å². The number of aromatic amines is 1. The number of nitrogens with one attached hydrogen (secondary N) is 4. The van der Waals surface area contributed by atoms with Gasteiger partial charge >= 0.3 is 0 Å². The topological polar surface area (TPSA) is 116 Å². The standard InChI is InChI=1S/C20H15Cl2N5O3/c21-10-1-5-12(6-2-10)23-18(29)14-9-15(28)25-17-16(14)19(30)27-20(26-17)24-13-7-3-11(22)4-8-13/h1-8,14H,9H2,(H,23,29)(H3,24,25,26,27,28,30). The molecule has 0 spiro atoms. The Labute approximate surface area is 180 Å². The minimum atomic E-state index is -0.981. The van der Waals surface area contributed by atoms with Crippen LogP contribution in [0.5, 0.6) is 0 Å². The normalized spacial score (nSPS) is 15.1. The van der Waals surface area contributed by atoms with Gasteiger partial charge in [-0.2, -0.15) is 4.98 Å². The van der Waals surface area contributed by atoms with Crippen molar-refractivity contribution < 1.29 is 9.59 Å². The molecule has 1 atom stereocenters. The Balaban J connectivity index is 1.62. The largest absolute Gasteiger partial charge is 0.326 e. The molecular weight excluding hydrogens is 429 g/mol. The number of carbonyl (C=O) groups excluding carboxylic acids is 2. The molecule has 2 heterocycles. The Morgan fingerprint density at radius 2 is 1.57 bits per heavy atom. The Morgan fingerprint density at radius 3 is 2.20 bits per heavy atom. The van der Waals surface area contributed by atoms with Gasteiger partial charge in [-0.3, -0.25) is 19.4 Å². The summed E-state index contributed by atoms with van der Waals surface area (Å²) in [6.07, 6.45) is -0.166. The first-order valence-electron chi connectivity index (χ1n) is 8.92. The maximum atomic E-state index is 12.8. The molecule has 4 rings (SSSR count). The van der Waals surface area contributed by atoms with Crippen LogP contribution in [0, 0.1) is 0 Å². The summed E-state index contributed by atoms with van der Waals surface area (Å²) in [7, 11) is 0. The van der Waals surface area contributed by atoms with Crippen molar-refractivity contribution in [3.8, 4) is 0 Å². The monoisotopic (exact) mass is 443 g/mol. The first-order valence-corrected chi connectivity index (χ1v) is 9.68. The highest BCUT2D eigenvalue weighted by atomic mass is 35.5. The van der Waals surface area contributed by atoms with Gasteiger partial charge in [-0.15, -0.1) is 0 Å². The van der Waals surface area contributed by atoms with Crippen molar-refractivity contribution in [1.82, 2.24) is 9.97 Å². The first-order chi connectivity index (χ1) is 14.4.